The molecule has 1 aromatic rings. The summed E-state index contributed by atoms with van der Waals surface area (Å²) in [6, 6.07) is 5.29. The van der Waals surface area contributed by atoms with Crippen molar-refractivity contribution >= 4 is 5.91 Å². The third kappa shape index (κ3) is 3.96. The van der Waals surface area contributed by atoms with E-state index in [1.54, 1.807) is 14.2 Å². The summed E-state index contributed by atoms with van der Waals surface area (Å²) in [6.07, 6.45) is 2.16. The molecular formula is C18H28N2O3. The largest absolute Gasteiger partial charge is 0.497 e. The Morgan fingerprint density at radius 1 is 1.35 bits per heavy atom. The van der Waals surface area contributed by atoms with Crippen LogP contribution in [0.25, 0.3) is 0 Å². The molecule has 1 fully saturated rings. The van der Waals surface area contributed by atoms with E-state index in [-0.39, 0.29) is 23.4 Å². The molecule has 5 heteroatoms. The molecule has 128 valence electrons. The Bertz CT molecular complexity index is 557. The highest BCUT2D eigenvalue weighted by atomic mass is 16.5. The molecule has 0 radical (unpaired) electrons. The maximum Gasteiger partial charge on any atom is 0.238 e. The van der Waals surface area contributed by atoms with Crippen LogP contribution in [0.15, 0.2) is 18.2 Å². The quantitative estimate of drug-likeness (QED) is 0.876. The zero-order chi connectivity index (χ0) is 17.0. The predicted octanol–water partition coefficient (Wildman–Crippen LogP) is 2.66. The van der Waals surface area contributed by atoms with Gasteiger partial charge in [-0.15, -0.1) is 0 Å². The van der Waals surface area contributed by atoms with Gasteiger partial charge in [0, 0.05) is 5.56 Å². The van der Waals surface area contributed by atoms with E-state index >= 15 is 0 Å². The first-order chi connectivity index (χ1) is 10.9. The standard InChI is InChI=1S/C18H28N2O3/c1-12(14-11-13(22-4)7-8-15(14)23-5)20-17(21)16-18(2,3)9-6-10-19-16/h7-8,11-12,16,19H,6,9-10H2,1-5H3,(H,20,21). The number of piperidine rings is 1. The molecule has 23 heavy (non-hydrogen) atoms. The van der Waals surface area contributed by atoms with E-state index in [0.717, 1.165) is 36.4 Å². The molecule has 1 saturated heterocycles. The van der Waals surface area contributed by atoms with Crippen LogP contribution in [0.1, 0.15) is 45.2 Å². The van der Waals surface area contributed by atoms with Crippen LogP contribution in [0.4, 0.5) is 0 Å². The first-order valence-electron chi connectivity index (χ1n) is 8.14. The van der Waals surface area contributed by atoms with Crippen LogP contribution in [0.5, 0.6) is 11.5 Å². The van der Waals surface area contributed by atoms with Crippen molar-refractivity contribution in [3.05, 3.63) is 23.8 Å². The van der Waals surface area contributed by atoms with Gasteiger partial charge in [0.2, 0.25) is 5.91 Å². The lowest BCUT2D eigenvalue weighted by Gasteiger charge is -2.38. The molecule has 0 aromatic heterocycles. The second-order valence-electron chi connectivity index (χ2n) is 6.82. The van der Waals surface area contributed by atoms with Crippen molar-refractivity contribution in [2.24, 2.45) is 5.41 Å². The maximum absolute atomic E-state index is 12.7. The minimum absolute atomic E-state index is 0.0343. The lowest BCUT2D eigenvalue weighted by Crippen LogP contribution is -2.55. The molecule has 0 spiro atoms. The number of benzene rings is 1. The lowest BCUT2D eigenvalue weighted by molar-refractivity contribution is -0.127. The van der Waals surface area contributed by atoms with Crippen LogP contribution in [-0.4, -0.2) is 32.7 Å². The molecule has 1 aliphatic rings. The number of carbonyl (C=O) groups is 1. The summed E-state index contributed by atoms with van der Waals surface area (Å²) in [5, 5.41) is 6.46. The van der Waals surface area contributed by atoms with Crippen LogP contribution in [0.3, 0.4) is 0 Å². The Morgan fingerprint density at radius 2 is 2.09 bits per heavy atom. The normalized spacial score (nSPS) is 21.3. The summed E-state index contributed by atoms with van der Waals surface area (Å²) in [4.78, 5) is 12.7. The van der Waals surface area contributed by atoms with E-state index in [0.29, 0.717) is 0 Å². The highest BCUT2D eigenvalue weighted by molar-refractivity contribution is 5.83. The Kier molecular flexibility index (Phi) is 5.52. The Hall–Kier alpha value is -1.75. The second-order valence-corrected chi connectivity index (χ2v) is 6.82. The highest BCUT2D eigenvalue weighted by Gasteiger charge is 2.37. The van der Waals surface area contributed by atoms with Gasteiger partial charge in [-0.05, 0) is 49.9 Å². The molecule has 1 amide bonds. The van der Waals surface area contributed by atoms with Gasteiger partial charge in [0.15, 0.2) is 0 Å². The molecule has 1 aromatic carbocycles. The molecule has 2 unspecified atom stereocenters. The van der Waals surface area contributed by atoms with E-state index in [1.807, 2.05) is 25.1 Å². The molecule has 0 saturated carbocycles. The number of carbonyl (C=O) groups excluding carboxylic acids is 1. The molecule has 5 nitrogen and oxygen atoms in total. The van der Waals surface area contributed by atoms with Crippen molar-refractivity contribution in [1.82, 2.24) is 10.6 Å². The van der Waals surface area contributed by atoms with Crippen molar-refractivity contribution in [2.75, 3.05) is 20.8 Å². The molecule has 0 bridgehead atoms. The monoisotopic (exact) mass is 320 g/mol. The lowest BCUT2D eigenvalue weighted by atomic mass is 9.77. The number of hydrogen-bond donors (Lipinski definition) is 2. The highest BCUT2D eigenvalue weighted by Crippen LogP contribution is 2.32. The van der Waals surface area contributed by atoms with Gasteiger partial charge in [-0.1, -0.05) is 13.8 Å². The van der Waals surface area contributed by atoms with E-state index in [1.165, 1.54) is 0 Å². The Morgan fingerprint density at radius 3 is 2.70 bits per heavy atom. The van der Waals surface area contributed by atoms with Crippen molar-refractivity contribution in [3.8, 4) is 11.5 Å². The fourth-order valence-corrected chi connectivity index (χ4v) is 3.21. The third-order valence-corrected chi connectivity index (χ3v) is 4.65. The minimum Gasteiger partial charge on any atom is -0.497 e. The SMILES string of the molecule is COc1ccc(OC)c(C(C)NC(=O)C2NCCCC2(C)C)c1. The van der Waals surface area contributed by atoms with Crippen molar-refractivity contribution in [3.63, 3.8) is 0 Å². The summed E-state index contributed by atoms with van der Waals surface area (Å²) in [5.74, 6) is 1.53. The molecule has 0 aliphatic carbocycles. The van der Waals surface area contributed by atoms with Crippen molar-refractivity contribution < 1.29 is 14.3 Å². The molecule has 1 heterocycles. The zero-order valence-corrected chi connectivity index (χ0v) is 14.7. The van der Waals surface area contributed by atoms with Gasteiger partial charge in [0.1, 0.15) is 11.5 Å². The first-order valence-corrected chi connectivity index (χ1v) is 8.14. The van der Waals surface area contributed by atoms with Crippen LogP contribution in [0.2, 0.25) is 0 Å². The van der Waals surface area contributed by atoms with Crippen molar-refractivity contribution in [2.45, 2.75) is 45.7 Å². The van der Waals surface area contributed by atoms with Gasteiger partial charge < -0.3 is 20.1 Å². The number of rotatable bonds is 5. The van der Waals surface area contributed by atoms with E-state index in [2.05, 4.69) is 24.5 Å². The molecule has 2 rings (SSSR count). The fourth-order valence-electron chi connectivity index (χ4n) is 3.21. The fraction of sp³-hybridized carbons (Fsp3) is 0.611. The summed E-state index contributed by atoms with van der Waals surface area (Å²) in [5.41, 5.74) is 0.870. The first kappa shape index (κ1) is 17.6. The smallest absolute Gasteiger partial charge is 0.238 e. The van der Waals surface area contributed by atoms with E-state index in [4.69, 9.17) is 9.47 Å². The predicted molar refractivity (Wildman–Crippen MR) is 90.9 cm³/mol. The second kappa shape index (κ2) is 7.21. The Labute approximate surface area is 138 Å². The molecule has 2 atom stereocenters. The number of amides is 1. The van der Waals surface area contributed by atoms with Crippen LogP contribution in [0, 0.1) is 5.41 Å². The average molecular weight is 320 g/mol. The summed E-state index contributed by atoms with van der Waals surface area (Å²) in [6.45, 7) is 7.13. The van der Waals surface area contributed by atoms with E-state index < -0.39 is 0 Å². The molecular weight excluding hydrogens is 292 g/mol. The topological polar surface area (TPSA) is 59.6 Å². The van der Waals surface area contributed by atoms with Crippen LogP contribution in [-0.2, 0) is 4.79 Å². The van der Waals surface area contributed by atoms with Gasteiger partial charge in [-0.3, -0.25) is 4.79 Å². The van der Waals surface area contributed by atoms with Gasteiger partial charge in [0.25, 0.3) is 0 Å². The van der Waals surface area contributed by atoms with Gasteiger partial charge in [0.05, 0.1) is 26.3 Å². The number of ether oxygens (including phenoxy) is 2. The molecule has 2 N–H and O–H groups in total. The Balaban J connectivity index is 2.15. The third-order valence-electron chi connectivity index (χ3n) is 4.65. The average Bonchev–Trinajstić information content (AvgIpc) is 2.53. The minimum atomic E-state index is -0.171. The molecule has 1 aliphatic heterocycles. The number of nitrogens with one attached hydrogen (secondary N) is 2. The van der Waals surface area contributed by atoms with E-state index in [9.17, 15) is 4.79 Å². The van der Waals surface area contributed by atoms with Gasteiger partial charge in [-0.2, -0.15) is 0 Å². The van der Waals surface area contributed by atoms with Gasteiger partial charge >= 0.3 is 0 Å². The van der Waals surface area contributed by atoms with Gasteiger partial charge in [-0.25, -0.2) is 0 Å². The van der Waals surface area contributed by atoms with Crippen molar-refractivity contribution in [1.29, 1.82) is 0 Å². The summed E-state index contributed by atoms with van der Waals surface area (Å²) in [7, 11) is 3.26. The number of hydrogen-bond acceptors (Lipinski definition) is 4. The van der Waals surface area contributed by atoms with Crippen LogP contribution >= 0.6 is 0 Å². The zero-order valence-electron chi connectivity index (χ0n) is 14.7. The maximum atomic E-state index is 12.7. The summed E-state index contributed by atoms with van der Waals surface area (Å²) < 4.78 is 10.7. The summed E-state index contributed by atoms with van der Waals surface area (Å²) >= 11 is 0. The number of methoxy groups -OCH3 is 2. The van der Waals surface area contributed by atoms with Crippen LogP contribution < -0.4 is 20.1 Å².